The van der Waals surface area contributed by atoms with Gasteiger partial charge in [0.25, 0.3) is 0 Å². The number of aromatic hydroxyl groups is 1. The van der Waals surface area contributed by atoms with Gasteiger partial charge in [-0.05, 0) is 41.7 Å². The lowest BCUT2D eigenvalue weighted by molar-refractivity contribution is -0.163. The highest BCUT2D eigenvalue weighted by Crippen LogP contribution is 2.55. The zero-order chi connectivity index (χ0) is 22.6. The summed E-state index contributed by atoms with van der Waals surface area (Å²) in [7, 11) is 0. The maximum atomic E-state index is 13.7. The first-order valence-electron chi connectivity index (χ1n) is 10.6. The molecule has 0 aromatic heterocycles. The number of phenolic OH excluding ortho intramolecular Hbond substituents is 1. The molecular formula is C27H23NO4. The molecule has 0 radical (unpaired) electrons. The number of hydrogen-bond donors (Lipinski definition) is 1. The van der Waals surface area contributed by atoms with Gasteiger partial charge in [-0.3, -0.25) is 9.59 Å². The molecule has 2 atom stereocenters. The second-order valence-corrected chi connectivity index (χ2v) is 8.02. The van der Waals surface area contributed by atoms with Crippen molar-refractivity contribution in [2.45, 2.75) is 31.3 Å². The van der Waals surface area contributed by atoms with Crippen molar-refractivity contribution in [2.24, 2.45) is 5.41 Å². The summed E-state index contributed by atoms with van der Waals surface area (Å²) in [6, 6.07) is 26.6. The second-order valence-electron chi connectivity index (χ2n) is 8.02. The van der Waals surface area contributed by atoms with Crippen LogP contribution < -0.4 is 0 Å². The van der Waals surface area contributed by atoms with Crippen LogP contribution in [0.15, 0.2) is 84.9 Å². The van der Waals surface area contributed by atoms with E-state index >= 15 is 0 Å². The highest BCUT2D eigenvalue weighted by Gasteiger charge is 2.66. The van der Waals surface area contributed by atoms with Gasteiger partial charge >= 0.3 is 5.97 Å². The third kappa shape index (κ3) is 3.34. The molecule has 5 nitrogen and oxygen atoms in total. The lowest BCUT2D eigenvalue weighted by atomic mass is 9.56. The SMILES string of the molecule is N#CC(c1ccccc1)(c1ccc(O)cc1)[C@]1(C(=O)OCc2ccccc2)CCCC1=O. The van der Waals surface area contributed by atoms with Gasteiger partial charge in [0.2, 0.25) is 0 Å². The van der Waals surface area contributed by atoms with Gasteiger partial charge in [0.05, 0.1) is 6.07 Å². The highest BCUT2D eigenvalue weighted by atomic mass is 16.5. The molecule has 1 N–H and O–H groups in total. The summed E-state index contributed by atoms with van der Waals surface area (Å²) in [5, 5.41) is 20.5. The Kier molecular flexibility index (Phi) is 5.79. The summed E-state index contributed by atoms with van der Waals surface area (Å²) in [5.41, 5.74) is -1.47. The van der Waals surface area contributed by atoms with E-state index < -0.39 is 16.8 Å². The minimum Gasteiger partial charge on any atom is -0.508 e. The number of hydrogen-bond acceptors (Lipinski definition) is 5. The molecule has 0 spiro atoms. The van der Waals surface area contributed by atoms with Crippen molar-refractivity contribution in [1.82, 2.24) is 0 Å². The van der Waals surface area contributed by atoms with Gasteiger partial charge in [-0.1, -0.05) is 72.8 Å². The minimum absolute atomic E-state index is 0.0145. The molecule has 1 saturated carbocycles. The third-order valence-corrected chi connectivity index (χ3v) is 6.31. The standard InChI is InChI=1S/C27H23NO4/c28-19-27(21-10-5-2-6-11-21,22-13-15-23(29)16-14-22)26(17-7-12-24(26)30)25(31)32-18-20-8-3-1-4-9-20/h1-6,8-11,13-16,29H,7,12,17-18H2/t26-,27?/m1/s1. The average Bonchev–Trinajstić information content (AvgIpc) is 3.23. The molecule has 3 aromatic carbocycles. The Bertz CT molecular complexity index is 1150. The van der Waals surface area contributed by atoms with Crippen LogP contribution in [0.2, 0.25) is 0 Å². The topological polar surface area (TPSA) is 87.4 Å². The summed E-state index contributed by atoms with van der Waals surface area (Å²) in [6.45, 7) is 0.0145. The summed E-state index contributed by atoms with van der Waals surface area (Å²) >= 11 is 0. The monoisotopic (exact) mass is 425 g/mol. The Morgan fingerprint density at radius 1 is 0.969 bits per heavy atom. The molecule has 1 fully saturated rings. The number of carbonyl (C=O) groups excluding carboxylic acids is 2. The second kappa shape index (κ2) is 8.68. The molecular weight excluding hydrogens is 402 g/mol. The Balaban J connectivity index is 1.89. The van der Waals surface area contributed by atoms with Crippen LogP contribution in [0.5, 0.6) is 5.75 Å². The number of ether oxygens (including phenoxy) is 1. The van der Waals surface area contributed by atoms with Crippen LogP contribution >= 0.6 is 0 Å². The molecule has 5 heteroatoms. The number of rotatable bonds is 6. The number of benzene rings is 3. The van der Waals surface area contributed by atoms with Gasteiger partial charge in [0.1, 0.15) is 17.8 Å². The zero-order valence-corrected chi connectivity index (χ0v) is 17.5. The van der Waals surface area contributed by atoms with E-state index in [1.807, 2.05) is 36.4 Å². The van der Waals surface area contributed by atoms with Gasteiger partial charge in [-0.15, -0.1) is 0 Å². The first-order chi connectivity index (χ1) is 15.5. The largest absolute Gasteiger partial charge is 0.508 e. The first kappa shape index (κ1) is 21.3. The van der Waals surface area contributed by atoms with Gasteiger partial charge in [-0.2, -0.15) is 5.26 Å². The van der Waals surface area contributed by atoms with Crippen molar-refractivity contribution in [1.29, 1.82) is 5.26 Å². The summed E-state index contributed by atoms with van der Waals surface area (Å²) in [4.78, 5) is 27.2. The normalized spacial score (nSPS) is 19.7. The zero-order valence-electron chi connectivity index (χ0n) is 17.5. The van der Waals surface area contributed by atoms with E-state index in [1.165, 1.54) is 12.1 Å². The fourth-order valence-corrected chi connectivity index (χ4v) is 4.76. The summed E-state index contributed by atoms with van der Waals surface area (Å²) in [5.74, 6) is -0.955. The van der Waals surface area contributed by atoms with E-state index in [0.717, 1.165) is 5.56 Å². The Hall–Kier alpha value is -3.91. The molecule has 0 heterocycles. The number of phenols is 1. The molecule has 0 saturated heterocycles. The summed E-state index contributed by atoms with van der Waals surface area (Å²) < 4.78 is 5.70. The van der Waals surface area contributed by atoms with Crippen molar-refractivity contribution >= 4 is 11.8 Å². The summed E-state index contributed by atoms with van der Waals surface area (Å²) in [6.07, 6.45) is 0.908. The van der Waals surface area contributed by atoms with E-state index in [1.54, 1.807) is 36.4 Å². The number of esters is 1. The van der Waals surface area contributed by atoms with Crippen LogP contribution in [0.25, 0.3) is 0 Å². The van der Waals surface area contributed by atoms with Crippen molar-refractivity contribution in [3.8, 4) is 11.8 Å². The minimum atomic E-state index is -1.69. The average molecular weight is 425 g/mol. The maximum absolute atomic E-state index is 13.7. The number of nitriles is 1. The van der Waals surface area contributed by atoms with Crippen LogP contribution in [0.3, 0.4) is 0 Å². The number of Topliss-reactive ketones (excluding diaryl/α,β-unsaturated/α-hetero) is 1. The molecule has 1 unspecified atom stereocenters. The van der Waals surface area contributed by atoms with E-state index in [2.05, 4.69) is 6.07 Å². The van der Waals surface area contributed by atoms with Crippen LogP contribution in [-0.2, 0) is 26.3 Å². The molecule has 32 heavy (non-hydrogen) atoms. The highest BCUT2D eigenvalue weighted by molar-refractivity contribution is 6.08. The first-order valence-corrected chi connectivity index (χ1v) is 10.6. The predicted octanol–water partition coefficient (Wildman–Crippen LogP) is 4.68. The number of carbonyl (C=O) groups is 2. The number of ketones is 1. The Morgan fingerprint density at radius 2 is 1.56 bits per heavy atom. The van der Waals surface area contributed by atoms with Gasteiger partial charge in [-0.25, -0.2) is 0 Å². The van der Waals surface area contributed by atoms with Crippen molar-refractivity contribution in [2.75, 3.05) is 0 Å². The van der Waals surface area contributed by atoms with E-state index in [-0.39, 0.29) is 31.0 Å². The van der Waals surface area contributed by atoms with Crippen molar-refractivity contribution < 1.29 is 19.4 Å². The lowest BCUT2D eigenvalue weighted by Gasteiger charge is -2.41. The Labute approximate surface area is 186 Å². The molecule has 1 aliphatic rings. The third-order valence-electron chi connectivity index (χ3n) is 6.31. The number of nitrogens with zero attached hydrogens (tertiary/aromatic N) is 1. The molecule has 0 aliphatic heterocycles. The molecule has 1 aliphatic carbocycles. The molecule has 3 aromatic rings. The fraction of sp³-hybridized carbons (Fsp3) is 0.222. The lowest BCUT2D eigenvalue weighted by Crippen LogP contribution is -2.54. The van der Waals surface area contributed by atoms with Gasteiger partial charge < -0.3 is 9.84 Å². The van der Waals surface area contributed by atoms with E-state index in [9.17, 15) is 20.0 Å². The van der Waals surface area contributed by atoms with Crippen LogP contribution in [0, 0.1) is 16.7 Å². The van der Waals surface area contributed by atoms with Crippen LogP contribution in [-0.4, -0.2) is 16.9 Å². The van der Waals surface area contributed by atoms with Crippen LogP contribution in [0.4, 0.5) is 0 Å². The van der Waals surface area contributed by atoms with Crippen molar-refractivity contribution in [3.63, 3.8) is 0 Å². The quantitative estimate of drug-likeness (QED) is 0.457. The predicted molar refractivity (Wildman–Crippen MR) is 118 cm³/mol. The van der Waals surface area contributed by atoms with E-state index in [0.29, 0.717) is 17.5 Å². The molecule has 160 valence electrons. The van der Waals surface area contributed by atoms with Crippen LogP contribution in [0.1, 0.15) is 36.0 Å². The molecule has 0 bridgehead atoms. The fourth-order valence-electron chi connectivity index (χ4n) is 4.76. The Morgan fingerprint density at radius 3 is 2.12 bits per heavy atom. The maximum Gasteiger partial charge on any atom is 0.322 e. The smallest absolute Gasteiger partial charge is 0.322 e. The van der Waals surface area contributed by atoms with Gasteiger partial charge in [0, 0.05) is 6.42 Å². The van der Waals surface area contributed by atoms with Crippen molar-refractivity contribution in [3.05, 3.63) is 102 Å². The van der Waals surface area contributed by atoms with E-state index in [4.69, 9.17) is 4.74 Å². The molecule has 4 rings (SSSR count). The molecule has 0 amide bonds. The van der Waals surface area contributed by atoms with Gasteiger partial charge in [0.15, 0.2) is 11.2 Å².